The summed E-state index contributed by atoms with van der Waals surface area (Å²) in [6, 6.07) is 0. The molecule has 2 aliphatic rings. The first kappa shape index (κ1) is 7.78. The van der Waals surface area contributed by atoms with Crippen LogP contribution in [0.4, 0.5) is 0 Å². The van der Waals surface area contributed by atoms with Crippen LogP contribution in [0.3, 0.4) is 0 Å². The third-order valence-electron chi connectivity index (χ3n) is 3.29. The second kappa shape index (κ2) is 2.58. The largest absolute Gasteiger partial charge is 0.295 e. The van der Waals surface area contributed by atoms with E-state index in [9.17, 15) is 4.79 Å². The topological polar surface area (TPSA) is 17.1 Å². The molecular formula is C11H14O. The van der Waals surface area contributed by atoms with Gasteiger partial charge in [-0.25, -0.2) is 0 Å². The van der Waals surface area contributed by atoms with E-state index in [1.165, 1.54) is 12.0 Å². The molecule has 3 atom stereocenters. The molecule has 0 amide bonds. The quantitative estimate of drug-likeness (QED) is 0.541. The Morgan fingerprint density at radius 2 is 2.33 bits per heavy atom. The van der Waals surface area contributed by atoms with Crippen LogP contribution in [-0.2, 0) is 4.79 Å². The highest BCUT2D eigenvalue weighted by molar-refractivity contribution is 5.96. The molecule has 1 saturated carbocycles. The predicted octanol–water partition coefficient (Wildman–Crippen LogP) is 2.34. The molecule has 0 radical (unpaired) electrons. The van der Waals surface area contributed by atoms with Gasteiger partial charge in [-0.05, 0) is 37.7 Å². The molecule has 0 saturated heterocycles. The summed E-state index contributed by atoms with van der Waals surface area (Å²) >= 11 is 0. The van der Waals surface area contributed by atoms with Crippen molar-refractivity contribution in [1.29, 1.82) is 0 Å². The van der Waals surface area contributed by atoms with Gasteiger partial charge in [0.05, 0.1) is 0 Å². The van der Waals surface area contributed by atoms with Crippen LogP contribution >= 0.6 is 0 Å². The van der Waals surface area contributed by atoms with Crippen LogP contribution in [0, 0.1) is 17.8 Å². The fraction of sp³-hybridized carbons (Fsp3) is 0.545. The first-order chi connectivity index (χ1) is 5.74. The second-order valence-corrected chi connectivity index (χ2v) is 3.90. The third kappa shape index (κ3) is 0.889. The first-order valence-electron chi connectivity index (χ1n) is 4.58. The summed E-state index contributed by atoms with van der Waals surface area (Å²) in [7, 11) is 0. The zero-order valence-electron chi connectivity index (χ0n) is 7.42. The number of allylic oxidation sites excluding steroid dienone is 3. The normalized spacial score (nSPS) is 39.6. The molecular weight excluding hydrogens is 148 g/mol. The second-order valence-electron chi connectivity index (χ2n) is 3.90. The molecule has 2 aliphatic carbocycles. The minimum absolute atomic E-state index is 0.252. The summed E-state index contributed by atoms with van der Waals surface area (Å²) in [6.07, 6.45) is 6.10. The van der Waals surface area contributed by atoms with Crippen molar-refractivity contribution >= 4 is 5.78 Å². The maximum atomic E-state index is 11.5. The summed E-state index contributed by atoms with van der Waals surface area (Å²) in [5, 5.41) is 0. The zero-order valence-corrected chi connectivity index (χ0v) is 7.42. The minimum Gasteiger partial charge on any atom is -0.295 e. The lowest BCUT2D eigenvalue weighted by Crippen LogP contribution is -2.16. The molecule has 0 unspecified atom stereocenters. The monoisotopic (exact) mass is 162 g/mol. The molecule has 0 bridgehead atoms. The van der Waals surface area contributed by atoms with Gasteiger partial charge in [-0.15, -0.1) is 6.58 Å². The van der Waals surface area contributed by atoms with Crippen LogP contribution in [0.5, 0.6) is 0 Å². The van der Waals surface area contributed by atoms with Crippen LogP contribution in [-0.4, -0.2) is 5.78 Å². The number of carbonyl (C=O) groups is 1. The number of rotatable bonds is 1. The van der Waals surface area contributed by atoms with E-state index in [1.807, 2.05) is 12.2 Å². The molecule has 0 N–H and O–H groups in total. The van der Waals surface area contributed by atoms with Gasteiger partial charge in [0.1, 0.15) is 0 Å². The van der Waals surface area contributed by atoms with Crippen molar-refractivity contribution in [2.75, 3.05) is 0 Å². The highest BCUT2D eigenvalue weighted by Gasteiger charge is 2.42. The molecule has 0 aliphatic heterocycles. The average molecular weight is 162 g/mol. The van der Waals surface area contributed by atoms with Gasteiger partial charge in [0.25, 0.3) is 0 Å². The van der Waals surface area contributed by atoms with Gasteiger partial charge in [0.15, 0.2) is 5.78 Å². The van der Waals surface area contributed by atoms with E-state index in [0.717, 1.165) is 6.42 Å². The molecule has 12 heavy (non-hydrogen) atoms. The maximum absolute atomic E-state index is 11.5. The lowest BCUT2D eigenvalue weighted by Gasteiger charge is -2.13. The lowest BCUT2D eigenvalue weighted by atomic mass is 9.89. The van der Waals surface area contributed by atoms with E-state index in [0.29, 0.717) is 17.6 Å². The molecule has 2 rings (SSSR count). The summed E-state index contributed by atoms with van der Waals surface area (Å²) < 4.78 is 0. The molecule has 1 heteroatoms. The highest BCUT2D eigenvalue weighted by atomic mass is 16.1. The summed E-state index contributed by atoms with van der Waals surface area (Å²) in [4.78, 5) is 11.5. The molecule has 1 fully saturated rings. The predicted molar refractivity (Wildman–Crippen MR) is 48.7 cm³/mol. The van der Waals surface area contributed by atoms with Crippen molar-refractivity contribution in [3.8, 4) is 0 Å². The average Bonchev–Trinajstić information content (AvgIpc) is 2.55. The van der Waals surface area contributed by atoms with Crippen LogP contribution < -0.4 is 0 Å². The van der Waals surface area contributed by atoms with E-state index in [4.69, 9.17) is 0 Å². The third-order valence-corrected chi connectivity index (χ3v) is 3.29. The first-order valence-corrected chi connectivity index (χ1v) is 4.58. The molecule has 0 aromatic carbocycles. The van der Waals surface area contributed by atoms with E-state index < -0.39 is 0 Å². The zero-order chi connectivity index (χ0) is 8.72. The standard InChI is InChI=1S/C11H14O/c1-3-8-4-5-9-7(2)6-10(12)11(8)9/h3,6,8-9,11H,1,4-5H2,2H3/t8-,9+,11+/m0/s1. The molecule has 1 nitrogen and oxygen atoms in total. The van der Waals surface area contributed by atoms with Gasteiger partial charge in [-0.2, -0.15) is 0 Å². The van der Waals surface area contributed by atoms with Crippen LogP contribution in [0.25, 0.3) is 0 Å². The number of hydrogen-bond acceptors (Lipinski definition) is 1. The molecule has 0 aromatic heterocycles. The Labute approximate surface area is 73.2 Å². The smallest absolute Gasteiger partial charge is 0.159 e. The fourth-order valence-corrected chi connectivity index (χ4v) is 2.64. The van der Waals surface area contributed by atoms with Crippen molar-refractivity contribution < 1.29 is 4.79 Å². The summed E-state index contributed by atoms with van der Waals surface area (Å²) in [5.41, 5.74) is 1.29. The van der Waals surface area contributed by atoms with E-state index in [1.54, 1.807) is 0 Å². The summed E-state index contributed by atoms with van der Waals surface area (Å²) in [5.74, 6) is 1.57. The van der Waals surface area contributed by atoms with Gasteiger partial charge >= 0.3 is 0 Å². The number of carbonyl (C=O) groups excluding carboxylic acids is 1. The van der Waals surface area contributed by atoms with E-state index >= 15 is 0 Å². The Kier molecular flexibility index (Phi) is 1.67. The summed E-state index contributed by atoms with van der Waals surface area (Å²) in [6.45, 7) is 5.86. The Balaban J connectivity index is 2.28. The number of ketones is 1. The van der Waals surface area contributed by atoms with Crippen LogP contribution in [0.1, 0.15) is 19.8 Å². The van der Waals surface area contributed by atoms with Crippen LogP contribution in [0.15, 0.2) is 24.3 Å². The van der Waals surface area contributed by atoms with Crippen molar-refractivity contribution in [1.82, 2.24) is 0 Å². The molecule has 64 valence electrons. The van der Waals surface area contributed by atoms with Gasteiger partial charge in [-0.1, -0.05) is 11.6 Å². The minimum atomic E-state index is 0.252. The Morgan fingerprint density at radius 1 is 1.58 bits per heavy atom. The van der Waals surface area contributed by atoms with Gasteiger partial charge in [-0.3, -0.25) is 4.79 Å². The Morgan fingerprint density at radius 3 is 3.00 bits per heavy atom. The SMILES string of the molecule is C=C[C@H]1CC[C@@H]2C(C)=CC(=O)[C@@H]21. The van der Waals surface area contributed by atoms with Crippen LogP contribution in [0.2, 0.25) is 0 Å². The molecule has 0 heterocycles. The molecule has 0 aromatic rings. The van der Waals surface area contributed by atoms with Crippen molar-refractivity contribution in [3.05, 3.63) is 24.3 Å². The Hall–Kier alpha value is -0.850. The number of hydrogen-bond donors (Lipinski definition) is 0. The highest BCUT2D eigenvalue weighted by Crippen LogP contribution is 2.45. The van der Waals surface area contributed by atoms with Crippen molar-refractivity contribution in [3.63, 3.8) is 0 Å². The van der Waals surface area contributed by atoms with Crippen molar-refractivity contribution in [2.24, 2.45) is 17.8 Å². The fourth-order valence-electron chi connectivity index (χ4n) is 2.64. The lowest BCUT2D eigenvalue weighted by molar-refractivity contribution is -0.118. The van der Waals surface area contributed by atoms with Gasteiger partial charge in [0, 0.05) is 5.92 Å². The van der Waals surface area contributed by atoms with Gasteiger partial charge < -0.3 is 0 Å². The van der Waals surface area contributed by atoms with Gasteiger partial charge in [0.2, 0.25) is 0 Å². The number of fused-ring (bicyclic) bond motifs is 1. The van der Waals surface area contributed by atoms with E-state index in [2.05, 4.69) is 13.5 Å². The van der Waals surface area contributed by atoms with Crippen molar-refractivity contribution in [2.45, 2.75) is 19.8 Å². The molecule has 0 spiro atoms. The maximum Gasteiger partial charge on any atom is 0.159 e. The Bertz CT molecular complexity index is 262. The van der Waals surface area contributed by atoms with E-state index in [-0.39, 0.29) is 5.92 Å².